The van der Waals surface area contributed by atoms with Crippen molar-refractivity contribution in [2.45, 2.75) is 0 Å². The van der Waals surface area contributed by atoms with Gasteiger partial charge in [0.25, 0.3) is 0 Å². The van der Waals surface area contributed by atoms with Crippen LogP contribution in [0.15, 0.2) is 22.8 Å². The van der Waals surface area contributed by atoms with Gasteiger partial charge in [-0.15, -0.1) is 0 Å². The Morgan fingerprint density at radius 1 is 0.786 bits per heavy atom. The first-order chi connectivity index (χ1) is 13.5. The van der Waals surface area contributed by atoms with Crippen molar-refractivity contribution in [3.63, 3.8) is 0 Å². The van der Waals surface area contributed by atoms with Crippen molar-refractivity contribution in [1.29, 1.82) is 0 Å². The molecule has 0 spiro atoms. The van der Waals surface area contributed by atoms with E-state index in [0.717, 1.165) is 0 Å². The van der Waals surface area contributed by atoms with E-state index in [1.54, 1.807) is 9.80 Å². The Bertz CT molecular complexity index is 703. The average Bonchev–Trinajstić information content (AvgIpc) is 3.55. The summed E-state index contributed by atoms with van der Waals surface area (Å²) in [4.78, 5) is 52.9. The van der Waals surface area contributed by atoms with E-state index in [9.17, 15) is 19.2 Å². The van der Waals surface area contributed by atoms with Gasteiger partial charge in [-0.3, -0.25) is 20.2 Å². The highest BCUT2D eigenvalue weighted by molar-refractivity contribution is 6.25. The van der Waals surface area contributed by atoms with Gasteiger partial charge in [0.1, 0.15) is 36.0 Å². The van der Waals surface area contributed by atoms with Gasteiger partial charge in [0, 0.05) is 26.2 Å². The summed E-state index contributed by atoms with van der Waals surface area (Å²) in [5.41, 5.74) is -0.564. The Balaban J connectivity index is 1.89. The summed E-state index contributed by atoms with van der Waals surface area (Å²) in [5.74, 6) is -1.28. The maximum atomic E-state index is 13.0. The molecule has 0 saturated carbocycles. The number of alkyl carbamates (subject to hydrolysis) is 2. The van der Waals surface area contributed by atoms with Crippen molar-refractivity contribution in [1.82, 2.24) is 20.4 Å². The normalized spacial score (nSPS) is 18.4. The van der Waals surface area contributed by atoms with E-state index < -0.39 is 23.8 Å². The number of carbonyl (C=O) groups is 4. The molecule has 2 saturated heterocycles. The minimum atomic E-state index is -0.978. The van der Waals surface area contributed by atoms with Crippen molar-refractivity contribution < 1.29 is 38.9 Å². The molecule has 3 rings (SSSR count). The van der Waals surface area contributed by atoms with Gasteiger partial charge >= 0.3 is 12.2 Å². The summed E-state index contributed by atoms with van der Waals surface area (Å²) in [7, 11) is 0. The van der Waals surface area contributed by atoms with Crippen LogP contribution in [0.4, 0.5) is 9.59 Å². The van der Waals surface area contributed by atoms with Crippen LogP contribution in [-0.2, 0) is 19.1 Å². The van der Waals surface area contributed by atoms with Gasteiger partial charge < -0.3 is 29.5 Å². The Morgan fingerprint density at radius 3 is 1.43 bits per heavy atom. The molecular weight excluding hydrogens is 376 g/mol. The molecule has 4 N–H and O–H groups in total. The summed E-state index contributed by atoms with van der Waals surface area (Å²) in [6, 6.07) is 0. The SMILES string of the molecule is O=C(NC1=C(N2CC2)C(=O)C(NC(=O)OCCO)=C(N2CC2)C1=O)OCCO. The Morgan fingerprint density at radius 2 is 1.14 bits per heavy atom. The van der Waals surface area contributed by atoms with Crippen LogP contribution in [0.2, 0.25) is 0 Å². The number of hydrogen-bond acceptors (Lipinski definition) is 10. The third-order valence-corrected chi connectivity index (χ3v) is 3.99. The molecule has 2 aliphatic heterocycles. The third-order valence-electron chi connectivity index (χ3n) is 3.99. The second-order valence-corrected chi connectivity index (χ2v) is 6.05. The molecule has 3 aliphatic rings. The first kappa shape index (κ1) is 19.6. The van der Waals surface area contributed by atoms with Crippen molar-refractivity contribution >= 4 is 23.8 Å². The number of aliphatic hydroxyl groups excluding tert-OH is 2. The number of ether oxygens (including phenoxy) is 2. The summed E-state index contributed by atoms with van der Waals surface area (Å²) < 4.78 is 9.43. The molecule has 0 bridgehead atoms. The molecule has 2 fully saturated rings. The molecule has 0 aromatic rings. The largest absolute Gasteiger partial charge is 0.447 e. The lowest BCUT2D eigenvalue weighted by Gasteiger charge is -2.25. The smallest absolute Gasteiger partial charge is 0.411 e. The topological polar surface area (TPSA) is 157 Å². The zero-order chi connectivity index (χ0) is 20.3. The molecule has 152 valence electrons. The number of Topliss-reactive ketones (excluding diaryl/α,β-unsaturated/α-hetero) is 2. The van der Waals surface area contributed by atoms with Crippen molar-refractivity contribution in [2.75, 3.05) is 52.6 Å². The fourth-order valence-electron chi connectivity index (χ4n) is 2.61. The number of ketones is 2. The lowest BCUT2D eigenvalue weighted by Crippen LogP contribution is -2.43. The molecule has 0 atom stereocenters. The standard InChI is InChI=1S/C16H20N4O8/c21-5-7-27-15(25)17-9-11(19-1-2-19)13(23)10(18-16(26)28-8-6-22)12(14(9)24)20-3-4-20/h21-22H,1-8H2,(H,17,25)(H,18,26). The number of rotatable bonds is 8. The second kappa shape index (κ2) is 8.27. The van der Waals surface area contributed by atoms with Crippen molar-refractivity contribution in [3.05, 3.63) is 22.8 Å². The Labute approximate surface area is 159 Å². The summed E-state index contributed by atoms with van der Waals surface area (Å²) in [5, 5.41) is 22.0. The molecule has 0 radical (unpaired) electrons. The van der Waals surface area contributed by atoms with E-state index in [2.05, 4.69) is 10.6 Å². The molecule has 0 aromatic carbocycles. The van der Waals surface area contributed by atoms with Crippen LogP contribution < -0.4 is 10.6 Å². The lowest BCUT2D eigenvalue weighted by atomic mass is 9.98. The predicted molar refractivity (Wildman–Crippen MR) is 90.4 cm³/mol. The van der Waals surface area contributed by atoms with E-state index in [1.807, 2.05) is 0 Å². The van der Waals surface area contributed by atoms with Crippen molar-refractivity contribution in [2.24, 2.45) is 0 Å². The molecule has 0 aromatic heterocycles. The second-order valence-electron chi connectivity index (χ2n) is 6.05. The quantitative estimate of drug-likeness (QED) is 0.258. The minimum Gasteiger partial charge on any atom is -0.447 e. The summed E-state index contributed by atoms with van der Waals surface area (Å²) >= 11 is 0. The maximum Gasteiger partial charge on any atom is 0.411 e. The highest BCUT2D eigenvalue weighted by atomic mass is 16.6. The molecule has 28 heavy (non-hydrogen) atoms. The predicted octanol–water partition coefficient (Wildman–Crippen LogP) is -2.37. The molecule has 12 nitrogen and oxygen atoms in total. The molecule has 1 aliphatic carbocycles. The fraction of sp³-hybridized carbons (Fsp3) is 0.500. The van der Waals surface area contributed by atoms with Crippen LogP contribution in [0.5, 0.6) is 0 Å². The van der Waals surface area contributed by atoms with E-state index in [-0.39, 0.29) is 49.2 Å². The third kappa shape index (κ3) is 4.23. The van der Waals surface area contributed by atoms with E-state index >= 15 is 0 Å². The number of carbonyl (C=O) groups excluding carboxylic acids is 4. The molecule has 12 heteroatoms. The van der Waals surface area contributed by atoms with E-state index in [1.165, 1.54) is 0 Å². The van der Waals surface area contributed by atoms with Crippen LogP contribution in [0.3, 0.4) is 0 Å². The zero-order valence-corrected chi connectivity index (χ0v) is 14.9. The van der Waals surface area contributed by atoms with Crippen LogP contribution in [-0.4, -0.2) is 96.4 Å². The van der Waals surface area contributed by atoms with Crippen molar-refractivity contribution in [3.8, 4) is 0 Å². The average molecular weight is 396 g/mol. The van der Waals surface area contributed by atoms with Gasteiger partial charge in [0.2, 0.25) is 11.6 Å². The van der Waals surface area contributed by atoms with Crippen LogP contribution in [0.1, 0.15) is 0 Å². The number of amides is 2. The lowest BCUT2D eigenvalue weighted by molar-refractivity contribution is -0.118. The first-order valence-corrected chi connectivity index (χ1v) is 8.65. The summed E-state index contributed by atoms with van der Waals surface area (Å²) in [6.07, 6.45) is -1.96. The van der Waals surface area contributed by atoms with Gasteiger partial charge in [-0.1, -0.05) is 0 Å². The van der Waals surface area contributed by atoms with Crippen LogP contribution in [0.25, 0.3) is 0 Å². The van der Waals surface area contributed by atoms with Gasteiger partial charge in [-0.2, -0.15) is 0 Å². The zero-order valence-electron chi connectivity index (χ0n) is 14.9. The summed E-state index contributed by atoms with van der Waals surface area (Å²) in [6.45, 7) is 0.720. The van der Waals surface area contributed by atoms with Gasteiger partial charge in [0.15, 0.2) is 0 Å². The highest BCUT2D eigenvalue weighted by Gasteiger charge is 2.45. The van der Waals surface area contributed by atoms with E-state index in [0.29, 0.717) is 26.2 Å². The van der Waals surface area contributed by atoms with E-state index in [4.69, 9.17) is 19.7 Å². The van der Waals surface area contributed by atoms with Crippen LogP contribution >= 0.6 is 0 Å². The monoisotopic (exact) mass is 396 g/mol. The highest BCUT2D eigenvalue weighted by Crippen LogP contribution is 2.32. The Hall–Kier alpha value is -3.12. The number of nitrogens with one attached hydrogen (secondary N) is 2. The number of aliphatic hydroxyl groups is 2. The Kier molecular flexibility index (Phi) is 5.80. The first-order valence-electron chi connectivity index (χ1n) is 8.65. The van der Waals surface area contributed by atoms with Gasteiger partial charge in [-0.05, 0) is 0 Å². The van der Waals surface area contributed by atoms with Crippen LogP contribution in [0, 0.1) is 0 Å². The maximum absolute atomic E-state index is 13.0. The van der Waals surface area contributed by atoms with Gasteiger partial charge in [0.05, 0.1) is 13.2 Å². The van der Waals surface area contributed by atoms with Gasteiger partial charge in [-0.25, -0.2) is 9.59 Å². The molecule has 0 unspecified atom stereocenters. The number of hydrogen-bond donors (Lipinski definition) is 4. The minimum absolute atomic E-state index is 0.0472. The molecular formula is C16H20N4O8. The molecule has 2 heterocycles. The fourth-order valence-corrected chi connectivity index (χ4v) is 2.61. The molecule has 2 amide bonds. The number of nitrogens with zero attached hydrogens (tertiary/aromatic N) is 2.